The molecular formula is C15H18ClN3O2. The Morgan fingerprint density at radius 2 is 2.05 bits per heavy atom. The molecular weight excluding hydrogens is 290 g/mol. The van der Waals surface area contributed by atoms with Crippen molar-refractivity contribution in [3.05, 3.63) is 34.9 Å². The molecule has 2 aliphatic rings. The Morgan fingerprint density at radius 3 is 2.76 bits per heavy atom. The summed E-state index contributed by atoms with van der Waals surface area (Å²) in [6.45, 7) is 2.29. The summed E-state index contributed by atoms with van der Waals surface area (Å²) < 4.78 is 0. The van der Waals surface area contributed by atoms with Crippen LogP contribution in [0.1, 0.15) is 24.8 Å². The first-order valence-electron chi connectivity index (χ1n) is 7.15. The SMILES string of the molecule is O=C(NCc1ccc(Cl)cc1)C1=NOC2(CCNCC2)C1. The highest BCUT2D eigenvalue weighted by Crippen LogP contribution is 2.32. The fraction of sp³-hybridized carbons (Fsp3) is 0.467. The Morgan fingerprint density at radius 1 is 1.33 bits per heavy atom. The summed E-state index contributed by atoms with van der Waals surface area (Å²) in [5.41, 5.74) is 1.23. The molecule has 2 N–H and O–H groups in total. The molecule has 1 aromatic rings. The zero-order valence-corrected chi connectivity index (χ0v) is 12.4. The monoisotopic (exact) mass is 307 g/mol. The van der Waals surface area contributed by atoms with Crippen LogP contribution in [0, 0.1) is 0 Å². The largest absolute Gasteiger partial charge is 0.388 e. The summed E-state index contributed by atoms with van der Waals surface area (Å²) in [5.74, 6) is -0.152. The van der Waals surface area contributed by atoms with E-state index >= 15 is 0 Å². The van der Waals surface area contributed by atoms with Gasteiger partial charge in [0.2, 0.25) is 0 Å². The molecule has 3 rings (SSSR count). The predicted octanol–water partition coefficient (Wildman–Crippen LogP) is 1.85. The van der Waals surface area contributed by atoms with Gasteiger partial charge < -0.3 is 15.5 Å². The van der Waals surface area contributed by atoms with Gasteiger partial charge in [-0.2, -0.15) is 0 Å². The van der Waals surface area contributed by atoms with Crippen LogP contribution >= 0.6 is 11.6 Å². The first kappa shape index (κ1) is 14.4. The van der Waals surface area contributed by atoms with Crippen LogP contribution < -0.4 is 10.6 Å². The van der Waals surface area contributed by atoms with Crippen molar-refractivity contribution in [1.82, 2.24) is 10.6 Å². The molecule has 2 aliphatic heterocycles. The van der Waals surface area contributed by atoms with Gasteiger partial charge in [-0.3, -0.25) is 4.79 Å². The Kier molecular flexibility index (Phi) is 4.12. The Balaban J connectivity index is 1.53. The van der Waals surface area contributed by atoms with Gasteiger partial charge in [-0.05, 0) is 30.8 Å². The molecule has 1 saturated heterocycles. The fourth-order valence-corrected chi connectivity index (χ4v) is 2.81. The van der Waals surface area contributed by atoms with E-state index < -0.39 is 0 Å². The molecule has 0 radical (unpaired) electrons. The first-order valence-corrected chi connectivity index (χ1v) is 7.53. The molecule has 0 atom stereocenters. The molecule has 112 valence electrons. The number of amides is 1. The zero-order chi connectivity index (χ0) is 14.7. The van der Waals surface area contributed by atoms with E-state index in [1.165, 1.54) is 0 Å². The number of rotatable bonds is 3. The van der Waals surface area contributed by atoms with Crippen LogP contribution in [0.2, 0.25) is 5.02 Å². The maximum atomic E-state index is 12.1. The second-order valence-electron chi connectivity index (χ2n) is 5.55. The number of nitrogens with zero attached hydrogens (tertiary/aromatic N) is 1. The summed E-state index contributed by atoms with van der Waals surface area (Å²) in [6.07, 6.45) is 2.38. The van der Waals surface area contributed by atoms with Crippen molar-refractivity contribution >= 4 is 23.2 Å². The number of hydrogen-bond donors (Lipinski definition) is 2. The number of hydrogen-bond acceptors (Lipinski definition) is 4. The highest BCUT2D eigenvalue weighted by Gasteiger charge is 2.41. The molecule has 2 heterocycles. The lowest BCUT2D eigenvalue weighted by Crippen LogP contribution is -2.43. The van der Waals surface area contributed by atoms with Gasteiger partial charge in [-0.15, -0.1) is 0 Å². The van der Waals surface area contributed by atoms with Crippen molar-refractivity contribution in [3.8, 4) is 0 Å². The molecule has 5 nitrogen and oxygen atoms in total. The zero-order valence-electron chi connectivity index (χ0n) is 11.7. The average molecular weight is 308 g/mol. The molecule has 0 unspecified atom stereocenters. The smallest absolute Gasteiger partial charge is 0.269 e. The van der Waals surface area contributed by atoms with E-state index in [0.717, 1.165) is 31.5 Å². The average Bonchev–Trinajstić information content (AvgIpc) is 2.91. The van der Waals surface area contributed by atoms with Crippen molar-refractivity contribution in [3.63, 3.8) is 0 Å². The second kappa shape index (κ2) is 6.03. The van der Waals surface area contributed by atoms with Crippen LogP contribution in [0.3, 0.4) is 0 Å². The molecule has 1 aromatic carbocycles. The Bertz CT molecular complexity index is 551. The maximum absolute atomic E-state index is 12.1. The molecule has 0 aromatic heterocycles. The predicted molar refractivity (Wildman–Crippen MR) is 81.3 cm³/mol. The van der Waals surface area contributed by atoms with E-state index in [9.17, 15) is 4.79 Å². The summed E-state index contributed by atoms with van der Waals surface area (Å²) in [7, 11) is 0. The normalized spacial score (nSPS) is 20.0. The number of carbonyl (C=O) groups is 1. The summed E-state index contributed by atoms with van der Waals surface area (Å²) in [4.78, 5) is 17.7. The molecule has 0 aliphatic carbocycles. The minimum atomic E-state index is -0.266. The van der Waals surface area contributed by atoms with E-state index in [-0.39, 0.29) is 11.5 Å². The summed E-state index contributed by atoms with van der Waals surface area (Å²) in [6, 6.07) is 7.40. The number of nitrogens with one attached hydrogen (secondary N) is 2. The lowest BCUT2D eigenvalue weighted by molar-refractivity contribution is -0.115. The molecule has 1 spiro atoms. The third kappa shape index (κ3) is 3.36. The van der Waals surface area contributed by atoms with Crippen molar-refractivity contribution in [2.45, 2.75) is 31.4 Å². The van der Waals surface area contributed by atoms with Crippen LogP contribution in [-0.4, -0.2) is 30.3 Å². The Hall–Kier alpha value is -1.59. The lowest BCUT2D eigenvalue weighted by Gasteiger charge is -2.30. The van der Waals surface area contributed by atoms with E-state index in [1.807, 2.05) is 24.3 Å². The maximum Gasteiger partial charge on any atom is 0.269 e. The molecule has 1 fully saturated rings. The van der Waals surface area contributed by atoms with Gasteiger partial charge in [-0.1, -0.05) is 28.9 Å². The standard InChI is InChI=1S/C15H18ClN3O2/c16-12-3-1-11(2-4-12)10-18-14(20)13-9-15(21-19-13)5-7-17-8-6-15/h1-4,17H,5-10H2,(H,18,20). The van der Waals surface area contributed by atoms with Crippen LogP contribution in [0.4, 0.5) is 0 Å². The lowest BCUT2D eigenvalue weighted by atomic mass is 9.87. The van der Waals surface area contributed by atoms with Crippen molar-refractivity contribution in [2.75, 3.05) is 13.1 Å². The quantitative estimate of drug-likeness (QED) is 0.896. The molecule has 21 heavy (non-hydrogen) atoms. The second-order valence-corrected chi connectivity index (χ2v) is 5.98. The number of piperidine rings is 1. The van der Waals surface area contributed by atoms with Crippen LogP contribution in [-0.2, 0) is 16.2 Å². The first-order chi connectivity index (χ1) is 10.2. The van der Waals surface area contributed by atoms with Crippen LogP contribution in [0.15, 0.2) is 29.4 Å². The third-order valence-electron chi connectivity index (χ3n) is 3.98. The fourth-order valence-electron chi connectivity index (χ4n) is 2.68. The molecule has 1 amide bonds. The van der Waals surface area contributed by atoms with Gasteiger partial charge >= 0.3 is 0 Å². The van der Waals surface area contributed by atoms with Crippen molar-refractivity contribution in [2.24, 2.45) is 5.16 Å². The Labute approximate surface area is 128 Å². The van der Waals surface area contributed by atoms with E-state index in [1.54, 1.807) is 0 Å². The summed E-state index contributed by atoms with van der Waals surface area (Å²) in [5, 5.41) is 10.8. The van der Waals surface area contributed by atoms with Gasteiger partial charge in [0, 0.05) is 30.8 Å². The molecule has 6 heteroatoms. The van der Waals surface area contributed by atoms with Gasteiger partial charge in [0.15, 0.2) is 0 Å². The van der Waals surface area contributed by atoms with Gasteiger partial charge in [0.05, 0.1) is 0 Å². The highest BCUT2D eigenvalue weighted by atomic mass is 35.5. The van der Waals surface area contributed by atoms with Gasteiger partial charge in [0.1, 0.15) is 11.3 Å². The van der Waals surface area contributed by atoms with E-state index in [0.29, 0.717) is 23.7 Å². The molecule has 0 bridgehead atoms. The number of halogens is 1. The van der Waals surface area contributed by atoms with E-state index in [4.69, 9.17) is 16.4 Å². The van der Waals surface area contributed by atoms with Crippen molar-refractivity contribution < 1.29 is 9.63 Å². The van der Waals surface area contributed by atoms with Crippen LogP contribution in [0.5, 0.6) is 0 Å². The van der Waals surface area contributed by atoms with Gasteiger partial charge in [-0.25, -0.2) is 0 Å². The van der Waals surface area contributed by atoms with Gasteiger partial charge in [0.25, 0.3) is 5.91 Å². The number of oxime groups is 1. The van der Waals surface area contributed by atoms with Crippen LogP contribution in [0.25, 0.3) is 0 Å². The molecule has 0 saturated carbocycles. The minimum absolute atomic E-state index is 0.152. The third-order valence-corrected chi connectivity index (χ3v) is 4.23. The topological polar surface area (TPSA) is 62.7 Å². The number of carbonyl (C=O) groups excluding carboxylic acids is 1. The minimum Gasteiger partial charge on any atom is -0.388 e. The van der Waals surface area contributed by atoms with Crippen molar-refractivity contribution in [1.29, 1.82) is 0 Å². The number of benzene rings is 1. The van der Waals surface area contributed by atoms with E-state index in [2.05, 4.69) is 15.8 Å². The summed E-state index contributed by atoms with van der Waals surface area (Å²) >= 11 is 5.83. The highest BCUT2D eigenvalue weighted by molar-refractivity contribution is 6.39.